The molecule has 6 rings (SSSR count). The van der Waals surface area contributed by atoms with Crippen molar-refractivity contribution < 1.29 is 9.53 Å². The van der Waals surface area contributed by atoms with Crippen LogP contribution in [0.2, 0.25) is 0 Å². The molecule has 0 saturated carbocycles. The molecule has 3 heterocycles. The van der Waals surface area contributed by atoms with Gasteiger partial charge >= 0.3 is 0 Å². The predicted octanol–water partition coefficient (Wildman–Crippen LogP) is 5.88. The highest BCUT2D eigenvalue weighted by atomic mass is 16.5. The molecule has 1 amide bonds. The van der Waals surface area contributed by atoms with Gasteiger partial charge < -0.3 is 14.5 Å². The number of hydrogen-bond acceptors (Lipinski definition) is 4. The molecule has 5 heteroatoms. The Balaban J connectivity index is 1.05. The van der Waals surface area contributed by atoms with Crippen molar-refractivity contribution in [1.29, 1.82) is 0 Å². The number of benzene rings is 3. The van der Waals surface area contributed by atoms with Crippen LogP contribution in [0.25, 0.3) is 0 Å². The number of ether oxygens (including phenoxy) is 1. The molecule has 0 spiro atoms. The van der Waals surface area contributed by atoms with E-state index in [1.54, 1.807) is 6.20 Å². The smallest absolute Gasteiger partial charge is 0.254 e. The second kappa shape index (κ2) is 10.5. The molecule has 37 heavy (non-hydrogen) atoms. The van der Waals surface area contributed by atoms with Crippen molar-refractivity contribution in [2.24, 2.45) is 0 Å². The number of carbonyl (C=O) groups excluding carboxylic acids is 1. The monoisotopic (exact) mass is 489 g/mol. The Hall–Kier alpha value is -4.12. The van der Waals surface area contributed by atoms with E-state index in [1.165, 1.54) is 16.8 Å². The van der Waals surface area contributed by atoms with Crippen LogP contribution < -0.4 is 9.64 Å². The molecule has 0 radical (unpaired) electrons. The average Bonchev–Trinajstić information content (AvgIpc) is 3.30. The van der Waals surface area contributed by atoms with Crippen LogP contribution in [0.15, 0.2) is 97.2 Å². The fraction of sp³-hybridized carbons (Fsp3) is 0.250. The van der Waals surface area contributed by atoms with Gasteiger partial charge in [0.2, 0.25) is 0 Å². The highest BCUT2D eigenvalue weighted by Gasteiger charge is 2.34. The van der Waals surface area contributed by atoms with E-state index in [4.69, 9.17) is 4.74 Å². The number of nitrogens with zero attached hydrogens (tertiary/aromatic N) is 3. The molecule has 4 aromatic rings. The lowest BCUT2D eigenvalue weighted by Crippen LogP contribution is -2.45. The molecule has 0 aliphatic carbocycles. The summed E-state index contributed by atoms with van der Waals surface area (Å²) in [6.45, 7) is 3.14. The SMILES string of the molecule is O=C1c2ccccc2CN1C1CCN(c2ccc(Cc3ccccc3OCc3ccccn3)cc2)CC1. The Kier molecular flexibility index (Phi) is 6.59. The highest BCUT2D eigenvalue weighted by molar-refractivity contribution is 5.98. The molecule has 0 bridgehead atoms. The zero-order valence-electron chi connectivity index (χ0n) is 20.9. The normalized spacial score (nSPS) is 15.6. The first-order chi connectivity index (χ1) is 18.2. The van der Waals surface area contributed by atoms with Crippen molar-refractivity contribution in [3.8, 4) is 5.75 Å². The number of para-hydroxylation sites is 1. The summed E-state index contributed by atoms with van der Waals surface area (Å²) in [6, 6.07) is 31.3. The van der Waals surface area contributed by atoms with E-state index in [0.717, 1.165) is 61.5 Å². The molecule has 1 fully saturated rings. The van der Waals surface area contributed by atoms with Crippen LogP contribution in [0, 0.1) is 0 Å². The lowest BCUT2D eigenvalue weighted by molar-refractivity contribution is 0.0675. The number of rotatable bonds is 7. The molecule has 1 aromatic heterocycles. The lowest BCUT2D eigenvalue weighted by Gasteiger charge is -2.37. The second-order valence-electron chi connectivity index (χ2n) is 9.87. The summed E-state index contributed by atoms with van der Waals surface area (Å²) in [5.41, 5.74) is 6.64. The molecule has 2 aliphatic rings. The number of anilines is 1. The molecule has 5 nitrogen and oxygen atoms in total. The van der Waals surface area contributed by atoms with Crippen LogP contribution in [0.5, 0.6) is 5.75 Å². The van der Waals surface area contributed by atoms with Gasteiger partial charge in [-0.15, -0.1) is 0 Å². The van der Waals surface area contributed by atoms with Gasteiger partial charge in [-0.3, -0.25) is 9.78 Å². The van der Waals surface area contributed by atoms with Gasteiger partial charge in [0.15, 0.2) is 0 Å². The zero-order valence-corrected chi connectivity index (χ0v) is 20.9. The average molecular weight is 490 g/mol. The standard InChI is InChI=1S/C32H31N3O2/c36-32-30-10-3-1-8-26(30)22-35(32)29-16-19-34(20-17-29)28-14-12-24(13-15-28)21-25-7-2-4-11-31(25)37-23-27-9-5-6-18-33-27/h1-15,18,29H,16-17,19-23H2. The third kappa shape index (κ3) is 5.08. The molecule has 3 aromatic carbocycles. The van der Waals surface area contributed by atoms with E-state index in [1.807, 2.05) is 48.5 Å². The zero-order chi connectivity index (χ0) is 25.0. The molecule has 0 N–H and O–H groups in total. The summed E-state index contributed by atoms with van der Waals surface area (Å²) in [5.74, 6) is 1.10. The van der Waals surface area contributed by atoms with Crippen molar-refractivity contribution in [3.63, 3.8) is 0 Å². The third-order valence-corrected chi connectivity index (χ3v) is 7.52. The molecule has 0 unspecified atom stereocenters. The Morgan fingerprint density at radius 3 is 2.38 bits per heavy atom. The Morgan fingerprint density at radius 1 is 0.838 bits per heavy atom. The number of hydrogen-bond donors (Lipinski definition) is 0. The molecule has 2 aliphatic heterocycles. The minimum atomic E-state index is 0.197. The summed E-state index contributed by atoms with van der Waals surface area (Å²) in [4.78, 5) is 21.7. The summed E-state index contributed by atoms with van der Waals surface area (Å²) < 4.78 is 6.10. The van der Waals surface area contributed by atoms with Gasteiger partial charge in [0.25, 0.3) is 5.91 Å². The van der Waals surface area contributed by atoms with Crippen LogP contribution >= 0.6 is 0 Å². The van der Waals surface area contributed by atoms with Gasteiger partial charge in [-0.25, -0.2) is 0 Å². The van der Waals surface area contributed by atoms with E-state index in [9.17, 15) is 4.79 Å². The first-order valence-corrected chi connectivity index (χ1v) is 13.1. The van der Waals surface area contributed by atoms with Gasteiger partial charge in [-0.2, -0.15) is 0 Å². The van der Waals surface area contributed by atoms with Crippen LogP contribution in [0.1, 0.15) is 45.6 Å². The Bertz CT molecular complexity index is 1360. The largest absolute Gasteiger partial charge is 0.487 e. The van der Waals surface area contributed by atoms with E-state index in [-0.39, 0.29) is 5.91 Å². The molecule has 186 valence electrons. The van der Waals surface area contributed by atoms with E-state index < -0.39 is 0 Å². The van der Waals surface area contributed by atoms with E-state index >= 15 is 0 Å². The predicted molar refractivity (Wildman–Crippen MR) is 146 cm³/mol. The fourth-order valence-corrected chi connectivity index (χ4v) is 5.48. The van der Waals surface area contributed by atoms with Crippen molar-refractivity contribution in [2.75, 3.05) is 18.0 Å². The third-order valence-electron chi connectivity index (χ3n) is 7.52. The molecular formula is C32H31N3O2. The maximum Gasteiger partial charge on any atom is 0.254 e. The summed E-state index contributed by atoms with van der Waals surface area (Å²) in [6.07, 6.45) is 4.61. The van der Waals surface area contributed by atoms with Crippen molar-refractivity contribution >= 4 is 11.6 Å². The minimum absolute atomic E-state index is 0.197. The van der Waals surface area contributed by atoms with E-state index in [0.29, 0.717) is 12.6 Å². The van der Waals surface area contributed by atoms with Gasteiger partial charge in [0, 0.05) is 49.5 Å². The van der Waals surface area contributed by atoms with Gasteiger partial charge in [0.1, 0.15) is 12.4 Å². The number of carbonyl (C=O) groups is 1. The van der Waals surface area contributed by atoms with Crippen LogP contribution in [-0.2, 0) is 19.6 Å². The maximum absolute atomic E-state index is 12.9. The van der Waals surface area contributed by atoms with E-state index in [2.05, 4.69) is 57.2 Å². The first kappa shape index (κ1) is 23.3. The highest BCUT2D eigenvalue weighted by Crippen LogP contribution is 2.30. The molecule has 1 saturated heterocycles. The summed E-state index contributed by atoms with van der Waals surface area (Å²) >= 11 is 0. The number of amides is 1. The van der Waals surface area contributed by atoms with Gasteiger partial charge in [-0.05, 0) is 65.9 Å². The molecular weight excluding hydrogens is 458 g/mol. The maximum atomic E-state index is 12.9. The lowest BCUT2D eigenvalue weighted by atomic mass is 10.0. The van der Waals surface area contributed by atoms with Crippen LogP contribution in [-0.4, -0.2) is 34.9 Å². The Morgan fingerprint density at radius 2 is 1.59 bits per heavy atom. The van der Waals surface area contributed by atoms with Crippen LogP contribution in [0.4, 0.5) is 5.69 Å². The van der Waals surface area contributed by atoms with Gasteiger partial charge in [0.05, 0.1) is 5.69 Å². The van der Waals surface area contributed by atoms with Crippen LogP contribution in [0.3, 0.4) is 0 Å². The van der Waals surface area contributed by atoms with Gasteiger partial charge in [-0.1, -0.05) is 54.6 Å². The van der Waals surface area contributed by atoms with Crippen molar-refractivity contribution in [1.82, 2.24) is 9.88 Å². The topological polar surface area (TPSA) is 45.7 Å². The quantitative estimate of drug-likeness (QED) is 0.325. The first-order valence-electron chi connectivity index (χ1n) is 13.1. The number of aromatic nitrogens is 1. The number of fused-ring (bicyclic) bond motifs is 1. The fourth-order valence-electron chi connectivity index (χ4n) is 5.48. The number of pyridine rings is 1. The Labute approximate surface area is 218 Å². The van der Waals surface area contributed by atoms with Crippen molar-refractivity contribution in [2.45, 2.75) is 38.5 Å². The second-order valence-corrected chi connectivity index (χ2v) is 9.87. The molecule has 0 atom stereocenters. The number of piperidine rings is 1. The van der Waals surface area contributed by atoms with Crippen molar-refractivity contribution in [3.05, 3.63) is 125 Å². The summed E-state index contributed by atoms with van der Waals surface area (Å²) in [7, 11) is 0. The minimum Gasteiger partial charge on any atom is -0.487 e. The summed E-state index contributed by atoms with van der Waals surface area (Å²) in [5, 5.41) is 0.